The van der Waals surface area contributed by atoms with Crippen molar-refractivity contribution in [3.8, 4) is 0 Å². The zero-order chi connectivity index (χ0) is 17.7. The number of hydrogen-bond acceptors (Lipinski definition) is 5. The van der Waals surface area contributed by atoms with Gasteiger partial charge in [0, 0.05) is 22.5 Å². The van der Waals surface area contributed by atoms with Crippen LogP contribution in [0.2, 0.25) is 0 Å². The predicted octanol–water partition coefficient (Wildman–Crippen LogP) is 4.25. The molecular formula is C20H19N3OS2. The summed E-state index contributed by atoms with van der Waals surface area (Å²) in [6.45, 7) is 2.77. The van der Waals surface area contributed by atoms with E-state index in [2.05, 4.69) is 16.0 Å². The minimum Gasteiger partial charge on any atom is -0.311 e. The second-order valence-electron chi connectivity index (χ2n) is 6.84. The van der Waals surface area contributed by atoms with Crippen molar-refractivity contribution < 1.29 is 4.79 Å². The number of benzene rings is 1. The SMILES string of the molecule is C[C@H](Sc1ncnc2sc3c(c12)CCC3)C(=O)N1CCc2ccccc21. The van der Waals surface area contributed by atoms with E-state index in [1.54, 1.807) is 29.4 Å². The van der Waals surface area contributed by atoms with E-state index in [9.17, 15) is 4.79 Å². The lowest BCUT2D eigenvalue weighted by Crippen LogP contribution is -2.35. The van der Waals surface area contributed by atoms with Crippen LogP contribution in [0.25, 0.3) is 10.2 Å². The first-order chi connectivity index (χ1) is 12.7. The van der Waals surface area contributed by atoms with E-state index in [1.807, 2.05) is 30.0 Å². The molecule has 3 heterocycles. The van der Waals surface area contributed by atoms with Crippen LogP contribution in [-0.4, -0.2) is 27.7 Å². The van der Waals surface area contributed by atoms with E-state index < -0.39 is 0 Å². The lowest BCUT2D eigenvalue weighted by Gasteiger charge is -2.21. The fraction of sp³-hybridized carbons (Fsp3) is 0.350. The normalized spacial score (nSPS) is 16.7. The lowest BCUT2D eigenvalue weighted by atomic mass is 10.2. The smallest absolute Gasteiger partial charge is 0.240 e. The molecule has 1 atom stereocenters. The molecule has 0 fully saturated rings. The molecule has 1 aliphatic heterocycles. The van der Waals surface area contributed by atoms with Crippen molar-refractivity contribution in [1.82, 2.24) is 9.97 Å². The predicted molar refractivity (Wildman–Crippen MR) is 107 cm³/mol. The summed E-state index contributed by atoms with van der Waals surface area (Å²) >= 11 is 3.37. The molecule has 0 saturated carbocycles. The number of carbonyl (C=O) groups excluding carboxylic acids is 1. The van der Waals surface area contributed by atoms with Crippen LogP contribution in [0.4, 0.5) is 5.69 Å². The number of anilines is 1. The first-order valence-electron chi connectivity index (χ1n) is 9.03. The summed E-state index contributed by atoms with van der Waals surface area (Å²) in [6.07, 6.45) is 6.06. The topological polar surface area (TPSA) is 46.1 Å². The van der Waals surface area contributed by atoms with E-state index in [-0.39, 0.29) is 11.2 Å². The minimum absolute atomic E-state index is 0.165. The van der Waals surface area contributed by atoms with Crippen molar-refractivity contribution >= 4 is 44.9 Å². The molecule has 0 saturated heterocycles. The highest BCUT2D eigenvalue weighted by molar-refractivity contribution is 8.00. The summed E-state index contributed by atoms with van der Waals surface area (Å²) < 4.78 is 0. The Labute approximate surface area is 160 Å². The molecule has 1 aliphatic carbocycles. The molecule has 1 aromatic carbocycles. The largest absolute Gasteiger partial charge is 0.311 e. The molecule has 0 radical (unpaired) electrons. The van der Waals surface area contributed by atoms with Crippen LogP contribution in [0.1, 0.15) is 29.3 Å². The molecule has 2 aromatic heterocycles. The maximum absolute atomic E-state index is 13.1. The Bertz CT molecular complexity index is 1010. The molecule has 5 rings (SSSR count). The average Bonchev–Trinajstić information content (AvgIpc) is 3.35. The van der Waals surface area contributed by atoms with Crippen molar-refractivity contribution in [2.45, 2.75) is 42.9 Å². The summed E-state index contributed by atoms with van der Waals surface area (Å²) in [6, 6.07) is 8.21. The van der Waals surface area contributed by atoms with Gasteiger partial charge in [0.15, 0.2) is 0 Å². The Balaban J connectivity index is 1.44. The van der Waals surface area contributed by atoms with Gasteiger partial charge < -0.3 is 4.90 Å². The van der Waals surface area contributed by atoms with Gasteiger partial charge in [-0.05, 0) is 49.8 Å². The van der Waals surface area contributed by atoms with E-state index in [4.69, 9.17) is 0 Å². The number of thioether (sulfide) groups is 1. The van der Waals surface area contributed by atoms with Crippen LogP contribution in [0, 0.1) is 0 Å². The minimum atomic E-state index is -0.170. The van der Waals surface area contributed by atoms with E-state index in [1.165, 1.54) is 27.8 Å². The van der Waals surface area contributed by atoms with Gasteiger partial charge in [0.05, 0.1) is 5.25 Å². The van der Waals surface area contributed by atoms with Gasteiger partial charge in [-0.2, -0.15) is 0 Å². The monoisotopic (exact) mass is 381 g/mol. The van der Waals surface area contributed by atoms with E-state index >= 15 is 0 Å². The fourth-order valence-corrected chi connectivity index (χ4v) is 6.30. The number of thiophene rings is 1. The third-order valence-corrected chi connectivity index (χ3v) is 7.54. The number of aryl methyl sites for hydroxylation is 2. The molecule has 0 spiro atoms. The van der Waals surface area contributed by atoms with Crippen LogP contribution in [0.3, 0.4) is 0 Å². The first kappa shape index (κ1) is 16.3. The molecule has 3 aromatic rings. The molecule has 4 nitrogen and oxygen atoms in total. The molecule has 0 N–H and O–H groups in total. The number of amides is 1. The van der Waals surface area contributed by atoms with Crippen molar-refractivity contribution in [1.29, 1.82) is 0 Å². The third kappa shape index (κ3) is 2.55. The van der Waals surface area contributed by atoms with Crippen molar-refractivity contribution in [3.05, 3.63) is 46.6 Å². The Morgan fingerprint density at radius 3 is 3.04 bits per heavy atom. The third-order valence-electron chi connectivity index (χ3n) is 5.26. The second kappa shape index (κ2) is 6.35. The van der Waals surface area contributed by atoms with Crippen molar-refractivity contribution in [2.75, 3.05) is 11.4 Å². The summed E-state index contributed by atoms with van der Waals surface area (Å²) in [5, 5.41) is 1.98. The lowest BCUT2D eigenvalue weighted by molar-refractivity contribution is -0.117. The summed E-state index contributed by atoms with van der Waals surface area (Å²) in [4.78, 5) is 26.5. The highest BCUT2D eigenvalue weighted by Crippen LogP contribution is 2.41. The van der Waals surface area contributed by atoms with Gasteiger partial charge in [-0.25, -0.2) is 9.97 Å². The number of rotatable bonds is 3. The summed E-state index contributed by atoms with van der Waals surface area (Å²) in [7, 11) is 0. The maximum atomic E-state index is 13.1. The quantitative estimate of drug-likeness (QED) is 0.503. The molecule has 26 heavy (non-hydrogen) atoms. The van der Waals surface area contributed by atoms with Crippen LogP contribution < -0.4 is 4.90 Å². The van der Waals surface area contributed by atoms with Gasteiger partial charge in [-0.3, -0.25) is 4.79 Å². The molecular weight excluding hydrogens is 362 g/mol. The molecule has 1 amide bonds. The molecule has 132 valence electrons. The second-order valence-corrected chi connectivity index (χ2v) is 9.26. The highest BCUT2D eigenvalue weighted by atomic mass is 32.2. The zero-order valence-electron chi connectivity index (χ0n) is 14.6. The summed E-state index contributed by atoms with van der Waals surface area (Å²) in [5.74, 6) is 0.165. The fourth-order valence-electron chi connectivity index (χ4n) is 3.99. The van der Waals surface area contributed by atoms with Crippen molar-refractivity contribution in [2.24, 2.45) is 0 Å². The number of nitrogens with zero attached hydrogens (tertiary/aromatic N) is 3. The maximum Gasteiger partial charge on any atom is 0.240 e. The average molecular weight is 382 g/mol. The van der Waals surface area contributed by atoms with E-state index in [0.717, 1.165) is 41.4 Å². The van der Waals surface area contributed by atoms with Gasteiger partial charge in [-0.15, -0.1) is 11.3 Å². The zero-order valence-corrected chi connectivity index (χ0v) is 16.2. The first-order valence-corrected chi connectivity index (χ1v) is 10.7. The van der Waals surface area contributed by atoms with Gasteiger partial charge in [0.25, 0.3) is 0 Å². The number of aromatic nitrogens is 2. The standard InChI is InChI=1S/C20H19N3OS2/c1-12(20(24)23-10-9-13-5-2-3-7-15(13)23)25-18-17-14-6-4-8-16(14)26-19(17)22-11-21-18/h2-3,5,7,11-12H,4,6,8-10H2,1H3/t12-/m0/s1. The Morgan fingerprint density at radius 1 is 1.23 bits per heavy atom. The molecule has 2 aliphatic rings. The summed E-state index contributed by atoms with van der Waals surface area (Å²) in [5.41, 5.74) is 3.74. The Hall–Kier alpha value is -1.92. The van der Waals surface area contributed by atoms with Crippen LogP contribution in [-0.2, 0) is 24.1 Å². The number of carbonyl (C=O) groups is 1. The number of fused-ring (bicyclic) bond motifs is 4. The van der Waals surface area contributed by atoms with Crippen LogP contribution in [0.15, 0.2) is 35.6 Å². The van der Waals surface area contributed by atoms with E-state index in [0.29, 0.717) is 0 Å². The molecule has 0 bridgehead atoms. The van der Waals surface area contributed by atoms with Gasteiger partial charge >= 0.3 is 0 Å². The molecule has 0 unspecified atom stereocenters. The molecule has 6 heteroatoms. The van der Waals surface area contributed by atoms with Gasteiger partial charge in [0.1, 0.15) is 16.2 Å². The van der Waals surface area contributed by atoms with Crippen LogP contribution >= 0.6 is 23.1 Å². The number of hydrogen-bond donors (Lipinski definition) is 0. The Kier molecular flexibility index (Phi) is 3.98. The van der Waals surface area contributed by atoms with Gasteiger partial charge in [0.2, 0.25) is 5.91 Å². The highest BCUT2D eigenvalue weighted by Gasteiger charge is 2.30. The number of para-hydroxylation sites is 1. The van der Waals surface area contributed by atoms with Crippen molar-refractivity contribution in [3.63, 3.8) is 0 Å². The van der Waals surface area contributed by atoms with Gasteiger partial charge in [-0.1, -0.05) is 30.0 Å². The van der Waals surface area contributed by atoms with Crippen LogP contribution in [0.5, 0.6) is 0 Å². The Morgan fingerprint density at radius 2 is 2.12 bits per heavy atom.